The molecule has 2 aromatic rings. The predicted molar refractivity (Wildman–Crippen MR) is 73.7 cm³/mol. The van der Waals surface area contributed by atoms with Crippen LogP contribution in [0.2, 0.25) is 0 Å². The number of carbonyl (C=O) groups is 1. The molecule has 0 saturated heterocycles. The molecule has 2 rings (SSSR count). The molecule has 0 bridgehead atoms. The van der Waals surface area contributed by atoms with Crippen LogP contribution in [0, 0.1) is 0 Å². The number of fused-ring (bicyclic) bond motifs is 1. The minimum atomic E-state index is -0.174. The molecule has 1 aromatic carbocycles. The SMILES string of the molecule is COC(=O)CCN(C)Cc1ccc2c(c1)ncn2C. The highest BCUT2D eigenvalue weighted by Gasteiger charge is 2.06. The summed E-state index contributed by atoms with van der Waals surface area (Å²) in [7, 11) is 5.39. The largest absolute Gasteiger partial charge is 0.469 e. The fourth-order valence-electron chi connectivity index (χ4n) is 2.05. The lowest BCUT2D eigenvalue weighted by Gasteiger charge is -2.15. The molecule has 102 valence electrons. The normalized spacial score (nSPS) is 11.2. The van der Waals surface area contributed by atoms with Gasteiger partial charge in [-0.3, -0.25) is 4.79 Å². The lowest BCUT2D eigenvalue weighted by Crippen LogP contribution is -2.21. The van der Waals surface area contributed by atoms with Gasteiger partial charge in [-0.2, -0.15) is 0 Å². The zero-order valence-electron chi connectivity index (χ0n) is 11.6. The van der Waals surface area contributed by atoms with Crippen molar-refractivity contribution in [3.05, 3.63) is 30.1 Å². The van der Waals surface area contributed by atoms with Crippen molar-refractivity contribution >= 4 is 17.0 Å². The molecular formula is C14H19N3O2. The summed E-state index contributed by atoms with van der Waals surface area (Å²) in [6.07, 6.45) is 2.23. The van der Waals surface area contributed by atoms with E-state index in [4.69, 9.17) is 0 Å². The van der Waals surface area contributed by atoms with E-state index in [0.717, 1.165) is 17.6 Å². The van der Waals surface area contributed by atoms with Gasteiger partial charge >= 0.3 is 5.97 Å². The monoisotopic (exact) mass is 261 g/mol. The van der Waals surface area contributed by atoms with Crippen LogP contribution in [0.5, 0.6) is 0 Å². The smallest absolute Gasteiger partial charge is 0.306 e. The van der Waals surface area contributed by atoms with E-state index in [2.05, 4.69) is 32.8 Å². The number of aryl methyl sites for hydroxylation is 1. The number of aromatic nitrogens is 2. The minimum Gasteiger partial charge on any atom is -0.469 e. The maximum absolute atomic E-state index is 11.1. The Morgan fingerprint density at radius 1 is 1.47 bits per heavy atom. The highest BCUT2D eigenvalue weighted by molar-refractivity contribution is 5.75. The number of rotatable bonds is 5. The number of nitrogens with zero attached hydrogens (tertiary/aromatic N) is 3. The van der Waals surface area contributed by atoms with Crippen molar-refractivity contribution < 1.29 is 9.53 Å². The fourth-order valence-corrected chi connectivity index (χ4v) is 2.05. The second-order valence-electron chi connectivity index (χ2n) is 4.74. The third-order valence-electron chi connectivity index (χ3n) is 3.17. The molecule has 0 amide bonds. The lowest BCUT2D eigenvalue weighted by molar-refractivity contribution is -0.140. The van der Waals surface area contributed by atoms with Crippen molar-refractivity contribution in [2.45, 2.75) is 13.0 Å². The molecule has 0 aliphatic heterocycles. The average molecular weight is 261 g/mol. The van der Waals surface area contributed by atoms with Crippen molar-refractivity contribution in [1.82, 2.24) is 14.5 Å². The minimum absolute atomic E-state index is 0.174. The Hall–Kier alpha value is -1.88. The second-order valence-corrected chi connectivity index (χ2v) is 4.74. The van der Waals surface area contributed by atoms with Crippen molar-refractivity contribution in [3.8, 4) is 0 Å². The van der Waals surface area contributed by atoms with Crippen molar-refractivity contribution in [2.75, 3.05) is 20.7 Å². The van der Waals surface area contributed by atoms with Crippen LogP contribution in [-0.2, 0) is 23.1 Å². The van der Waals surface area contributed by atoms with E-state index in [1.807, 2.05) is 25.0 Å². The summed E-state index contributed by atoms with van der Waals surface area (Å²) in [4.78, 5) is 17.5. The number of hydrogen-bond acceptors (Lipinski definition) is 4. The maximum atomic E-state index is 11.1. The summed E-state index contributed by atoms with van der Waals surface area (Å²) in [5, 5.41) is 0. The summed E-state index contributed by atoms with van der Waals surface area (Å²) >= 11 is 0. The maximum Gasteiger partial charge on any atom is 0.306 e. The molecule has 0 unspecified atom stereocenters. The van der Waals surface area contributed by atoms with E-state index in [9.17, 15) is 4.79 Å². The molecule has 0 radical (unpaired) electrons. The van der Waals surface area contributed by atoms with Gasteiger partial charge in [0.05, 0.1) is 30.9 Å². The molecule has 0 fully saturated rings. The first kappa shape index (κ1) is 13.5. The number of methoxy groups -OCH3 is 1. The Morgan fingerprint density at radius 2 is 2.26 bits per heavy atom. The Balaban J connectivity index is 1.98. The molecule has 1 heterocycles. The first-order valence-electron chi connectivity index (χ1n) is 6.25. The van der Waals surface area contributed by atoms with Crippen LogP contribution in [0.3, 0.4) is 0 Å². The van der Waals surface area contributed by atoms with E-state index in [-0.39, 0.29) is 5.97 Å². The predicted octanol–water partition coefficient (Wildman–Crippen LogP) is 1.57. The molecule has 0 spiro atoms. The molecule has 0 aliphatic carbocycles. The number of imidazole rings is 1. The number of hydrogen-bond donors (Lipinski definition) is 0. The molecule has 0 N–H and O–H groups in total. The number of ether oxygens (including phenoxy) is 1. The highest BCUT2D eigenvalue weighted by Crippen LogP contribution is 2.15. The van der Waals surface area contributed by atoms with Crippen LogP contribution in [0.25, 0.3) is 11.0 Å². The van der Waals surface area contributed by atoms with Crippen molar-refractivity contribution in [1.29, 1.82) is 0 Å². The van der Waals surface area contributed by atoms with E-state index >= 15 is 0 Å². The number of benzene rings is 1. The van der Waals surface area contributed by atoms with Gasteiger partial charge in [0.25, 0.3) is 0 Å². The topological polar surface area (TPSA) is 47.4 Å². The third-order valence-corrected chi connectivity index (χ3v) is 3.17. The van der Waals surface area contributed by atoms with Crippen LogP contribution >= 0.6 is 0 Å². The number of esters is 1. The van der Waals surface area contributed by atoms with Gasteiger partial charge < -0.3 is 14.2 Å². The summed E-state index contributed by atoms with van der Waals surface area (Å²) < 4.78 is 6.63. The molecule has 0 aliphatic rings. The Morgan fingerprint density at radius 3 is 3.00 bits per heavy atom. The molecular weight excluding hydrogens is 242 g/mol. The standard InChI is InChI=1S/C14H19N3O2/c1-16(7-6-14(18)19-3)9-11-4-5-13-12(8-11)15-10-17(13)2/h4-5,8,10H,6-7,9H2,1-3H3. The molecule has 5 heteroatoms. The van der Waals surface area contributed by atoms with Crippen LogP contribution in [0.1, 0.15) is 12.0 Å². The summed E-state index contributed by atoms with van der Waals surface area (Å²) in [6, 6.07) is 6.26. The highest BCUT2D eigenvalue weighted by atomic mass is 16.5. The summed E-state index contributed by atoms with van der Waals surface area (Å²) in [5.74, 6) is -0.174. The molecule has 0 atom stereocenters. The van der Waals surface area contributed by atoms with Gasteiger partial charge in [-0.1, -0.05) is 6.07 Å². The number of carbonyl (C=O) groups excluding carboxylic acids is 1. The molecule has 0 saturated carbocycles. The molecule has 19 heavy (non-hydrogen) atoms. The zero-order chi connectivity index (χ0) is 13.8. The first-order valence-corrected chi connectivity index (χ1v) is 6.25. The van der Waals surface area contributed by atoms with E-state index in [0.29, 0.717) is 13.0 Å². The quantitative estimate of drug-likeness (QED) is 0.766. The third kappa shape index (κ3) is 3.32. The van der Waals surface area contributed by atoms with Crippen LogP contribution in [-0.4, -0.2) is 41.1 Å². The average Bonchev–Trinajstić information content (AvgIpc) is 2.77. The van der Waals surface area contributed by atoms with Gasteiger partial charge in [0.15, 0.2) is 0 Å². The Bertz CT molecular complexity index is 577. The van der Waals surface area contributed by atoms with Gasteiger partial charge in [0, 0.05) is 20.1 Å². The van der Waals surface area contributed by atoms with Crippen molar-refractivity contribution in [3.63, 3.8) is 0 Å². The van der Waals surface area contributed by atoms with Gasteiger partial charge in [0.1, 0.15) is 0 Å². The summed E-state index contributed by atoms with van der Waals surface area (Å²) in [5.41, 5.74) is 3.32. The van der Waals surface area contributed by atoms with Crippen LogP contribution in [0.15, 0.2) is 24.5 Å². The van der Waals surface area contributed by atoms with E-state index in [1.54, 1.807) is 0 Å². The van der Waals surface area contributed by atoms with Crippen LogP contribution < -0.4 is 0 Å². The van der Waals surface area contributed by atoms with Gasteiger partial charge in [-0.05, 0) is 24.7 Å². The molecule has 1 aromatic heterocycles. The Labute approximate surface area is 112 Å². The van der Waals surface area contributed by atoms with Gasteiger partial charge in [0.2, 0.25) is 0 Å². The summed E-state index contributed by atoms with van der Waals surface area (Å²) in [6.45, 7) is 1.48. The first-order chi connectivity index (χ1) is 9.10. The Kier molecular flexibility index (Phi) is 4.16. The second kappa shape index (κ2) is 5.84. The van der Waals surface area contributed by atoms with E-state index in [1.165, 1.54) is 12.7 Å². The van der Waals surface area contributed by atoms with Crippen molar-refractivity contribution in [2.24, 2.45) is 7.05 Å². The molecule has 5 nitrogen and oxygen atoms in total. The van der Waals surface area contributed by atoms with Crippen LogP contribution in [0.4, 0.5) is 0 Å². The van der Waals surface area contributed by atoms with Gasteiger partial charge in [-0.25, -0.2) is 4.98 Å². The lowest BCUT2D eigenvalue weighted by atomic mass is 10.2. The zero-order valence-corrected chi connectivity index (χ0v) is 11.6. The van der Waals surface area contributed by atoms with E-state index < -0.39 is 0 Å². The fraction of sp³-hybridized carbons (Fsp3) is 0.429. The van der Waals surface area contributed by atoms with Gasteiger partial charge in [-0.15, -0.1) is 0 Å².